The Bertz CT molecular complexity index is 725. The number of aromatic nitrogens is 2. The molecule has 0 aliphatic heterocycles. The fourth-order valence-corrected chi connectivity index (χ4v) is 2.91. The summed E-state index contributed by atoms with van der Waals surface area (Å²) in [4.78, 5) is 23.8. The molecular formula is C20H27N3O3. The highest BCUT2D eigenvalue weighted by atomic mass is 16.4. The van der Waals surface area contributed by atoms with Crippen LogP contribution in [0.1, 0.15) is 61.9 Å². The summed E-state index contributed by atoms with van der Waals surface area (Å²) < 4.78 is 1.54. The third kappa shape index (κ3) is 5.72. The van der Waals surface area contributed by atoms with Crippen LogP contribution in [0.2, 0.25) is 0 Å². The Morgan fingerprint density at radius 2 is 1.96 bits per heavy atom. The van der Waals surface area contributed by atoms with Crippen molar-refractivity contribution in [1.29, 1.82) is 0 Å². The Labute approximate surface area is 154 Å². The zero-order valence-electron chi connectivity index (χ0n) is 15.4. The lowest BCUT2D eigenvalue weighted by Crippen LogP contribution is -2.18. The average Bonchev–Trinajstić information content (AvgIpc) is 3.01. The van der Waals surface area contributed by atoms with Crippen LogP contribution in [-0.4, -0.2) is 26.8 Å². The zero-order chi connectivity index (χ0) is 18.9. The number of hydrogen-bond donors (Lipinski definition) is 2. The summed E-state index contributed by atoms with van der Waals surface area (Å²) in [5.74, 6) is -0.851. The molecule has 0 bridgehead atoms. The van der Waals surface area contributed by atoms with Crippen molar-refractivity contribution >= 4 is 17.7 Å². The minimum Gasteiger partial charge on any atom is -0.477 e. The van der Waals surface area contributed by atoms with Crippen LogP contribution in [0.5, 0.6) is 0 Å². The number of carbonyl (C=O) groups excluding carboxylic acids is 1. The van der Waals surface area contributed by atoms with Gasteiger partial charge in [-0.25, -0.2) is 4.79 Å². The first kappa shape index (κ1) is 19.7. The van der Waals surface area contributed by atoms with Gasteiger partial charge in [0.2, 0.25) is 5.91 Å². The van der Waals surface area contributed by atoms with Gasteiger partial charge >= 0.3 is 5.97 Å². The maximum atomic E-state index is 12.3. The van der Waals surface area contributed by atoms with Crippen molar-refractivity contribution in [2.75, 3.05) is 5.32 Å². The van der Waals surface area contributed by atoms with Gasteiger partial charge in [-0.05, 0) is 17.9 Å². The number of anilines is 1. The summed E-state index contributed by atoms with van der Waals surface area (Å²) in [5.41, 5.74) is 1.02. The van der Waals surface area contributed by atoms with E-state index in [1.807, 2.05) is 30.3 Å². The Morgan fingerprint density at radius 3 is 2.58 bits per heavy atom. The summed E-state index contributed by atoms with van der Waals surface area (Å²) >= 11 is 0. The topological polar surface area (TPSA) is 84.2 Å². The smallest absolute Gasteiger partial charge is 0.341 e. The van der Waals surface area contributed by atoms with Gasteiger partial charge in [0.25, 0.3) is 0 Å². The molecule has 2 aromatic rings. The summed E-state index contributed by atoms with van der Waals surface area (Å²) in [6.07, 6.45) is 5.99. The SMILES string of the molecule is CCCCC(CC)CC(=O)Nc1nn(Cc2ccccc2)cc1C(=O)O. The first-order chi connectivity index (χ1) is 12.5. The number of rotatable bonds is 10. The van der Waals surface area contributed by atoms with E-state index < -0.39 is 5.97 Å². The number of hydrogen-bond acceptors (Lipinski definition) is 3. The maximum absolute atomic E-state index is 12.3. The molecule has 0 aliphatic carbocycles. The molecule has 1 atom stereocenters. The predicted molar refractivity (Wildman–Crippen MR) is 101 cm³/mol. The predicted octanol–water partition coefficient (Wildman–Crippen LogP) is 4.17. The van der Waals surface area contributed by atoms with Crippen LogP contribution < -0.4 is 5.32 Å². The van der Waals surface area contributed by atoms with E-state index in [1.165, 1.54) is 6.20 Å². The minimum absolute atomic E-state index is 0.0101. The first-order valence-corrected chi connectivity index (χ1v) is 9.18. The van der Waals surface area contributed by atoms with Gasteiger partial charge in [0.05, 0.1) is 6.54 Å². The number of unbranched alkanes of at least 4 members (excludes halogenated alkanes) is 1. The third-order valence-corrected chi connectivity index (χ3v) is 4.45. The van der Waals surface area contributed by atoms with Crippen molar-refractivity contribution in [2.45, 2.75) is 52.5 Å². The molecule has 2 rings (SSSR count). The molecule has 0 saturated carbocycles. The molecule has 1 unspecified atom stereocenters. The number of carboxylic acids is 1. The second-order valence-electron chi connectivity index (χ2n) is 6.55. The van der Waals surface area contributed by atoms with E-state index in [2.05, 4.69) is 24.3 Å². The van der Waals surface area contributed by atoms with Gasteiger partial charge < -0.3 is 10.4 Å². The fourth-order valence-electron chi connectivity index (χ4n) is 2.91. The van der Waals surface area contributed by atoms with Crippen molar-refractivity contribution in [3.63, 3.8) is 0 Å². The molecule has 6 nitrogen and oxygen atoms in total. The lowest BCUT2D eigenvalue weighted by atomic mass is 9.95. The molecule has 0 spiro atoms. The Morgan fingerprint density at radius 1 is 1.23 bits per heavy atom. The van der Waals surface area contributed by atoms with Crippen molar-refractivity contribution < 1.29 is 14.7 Å². The van der Waals surface area contributed by atoms with E-state index in [9.17, 15) is 14.7 Å². The first-order valence-electron chi connectivity index (χ1n) is 9.18. The van der Waals surface area contributed by atoms with E-state index in [4.69, 9.17) is 0 Å². The van der Waals surface area contributed by atoms with Gasteiger partial charge in [-0.1, -0.05) is 63.4 Å². The van der Waals surface area contributed by atoms with E-state index in [1.54, 1.807) is 4.68 Å². The van der Waals surface area contributed by atoms with E-state index in [-0.39, 0.29) is 17.3 Å². The van der Waals surface area contributed by atoms with Crippen LogP contribution >= 0.6 is 0 Å². The summed E-state index contributed by atoms with van der Waals surface area (Å²) in [7, 11) is 0. The zero-order valence-corrected chi connectivity index (χ0v) is 15.4. The number of aromatic carboxylic acids is 1. The largest absolute Gasteiger partial charge is 0.477 e. The number of amides is 1. The highest BCUT2D eigenvalue weighted by Crippen LogP contribution is 2.19. The molecule has 6 heteroatoms. The molecule has 0 saturated heterocycles. The van der Waals surface area contributed by atoms with Crippen LogP contribution in [-0.2, 0) is 11.3 Å². The molecule has 2 N–H and O–H groups in total. The molecule has 0 fully saturated rings. The van der Waals surface area contributed by atoms with Crippen LogP contribution in [0.4, 0.5) is 5.82 Å². The molecule has 1 aromatic carbocycles. The molecular weight excluding hydrogens is 330 g/mol. The molecule has 0 radical (unpaired) electrons. The molecule has 1 heterocycles. The Balaban J connectivity index is 2.07. The molecule has 26 heavy (non-hydrogen) atoms. The van der Waals surface area contributed by atoms with E-state index in [0.29, 0.717) is 18.9 Å². The Hall–Kier alpha value is -2.63. The van der Waals surface area contributed by atoms with Gasteiger partial charge in [-0.15, -0.1) is 0 Å². The normalized spacial score (nSPS) is 11.9. The van der Waals surface area contributed by atoms with Crippen molar-refractivity contribution in [3.8, 4) is 0 Å². The van der Waals surface area contributed by atoms with Gasteiger partial charge in [0.1, 0.15) is 5.56 Å². The average molecular weight is 357 g/mol. The standard InChI is InChI=1S/C20H27N3O3/c1-3-5-9-15(4-2)12-18(24)21-19-17(20(25)26)14-23(22-19)13-16-10-7-6-8-11-16/h6-8,10-11,14-15H,3-5,9,12-13H2,1-2H3,(H,25,26)(H,21,22,24). The van der Waals surface area contributed by atoms with Gasteiger partial charge in [0.15, 0.2) is 5.82 Å². The second-order valence-corrected chi connectivity index (χ2v) is 6.55. The monoisotopic (exact) mass is 357 g/mol. The molecule has 140 valence electrons. The summed E-state index contributed by atoms with van der Waals surface area (Å²) in [6.45, 7) is 4.65. The minimum atomic E-state index is -1.10. The van der Waals surface area contributed by atoms with Crippen molar-refractivity contribution in [1.82, 2.24) is 9.78 Å². The lowest BCUT2D eigenvalue weighted by molar-refractivity contribution is -0.117. The maximum Gasteiger partial charge on any atom is 0.341 e. The molecule has 1 amide bonds. The fraction of sp³-hybridized carbons (Fsp3) is 0.450. The molecule has 1 aromatic heterocycles. The highest BCUT2D eigenvalue weighted by molar-refractivity contribution is 5.99. The second kappa shape index (κ2) is 9.75. The highest BCUT2D eigenvalue weighted by Gasteiger charge is 2.19. The van der Waals surface area contributed by atoms with Gasteiger partial charge in [0, 0.05) is 12.6 Å². The molecule has 0 aliphatic rings. The number of carboxylic acid groups (broad SMARTS) is 1. The number of nitrogens with one attached hydrogen (secondary N) is 1. The Kier molecular flexibility index (Phi) is 7.38. The number of nitrogens with zero attached hydrogens (tertiary/aromatic N) is 2. The van der Waals surface area contributed by atoms with E-state index >= 15 is 0 Å². The van der Waals surface area contributed by atoms with Crippen molar-refractivity contribution in [3.05, 3.63) is 47.7 Å². The van der Waals surface area contributed by atoms with Gasteiger partial charge in [-0.3, -0.25) is 9.48 Å². The number of carbonyl (C=O) groups is 2. The van der Waals surface area contributed by atoms with Crippen LogP contribution in [0.3, 0.4) is 0 Å². The van der Waals surface area contributed by atoms with Crippen LogP contribution in [0.25, 0.3) is 0 Å². The quantitative estimate of drug-likeness (QED) is 0.668. The van der Waals surface area contributed by atoms with Crippen LogP contribution in [0.15, 0.2) is 36.5 Å². The van der Waals surface area contributed by atoms with Gasteiger partial charge in [-0.2, -0.15) is 5.10 Å². The lowest BCUT2D eigenvalue weighted by Gasteiger charge is -2.13. The van der Waals surface area contributed by atoms with E-state index in [0.717, 1.165) is 31.2 Å². The summed E-state index contributed by atoms with van der Waals surface area (Å²) in [6, 6.07) is 9.64. The summed E-state index contributed by atoms with van der Waals surface area (Å²) in [5, 5.41) is 16.4. The van der Waals surface area contributed by atoms with Crippen LogP contribution in [0, 0.1) is 5.92 Å². The van der Waals surface area contributed by atoms with Crippen molar-refractivity contribution in [2.24, 2.45) is 5.92 Å². The number of benzene rings is 1. The third-order valence-electron chi connectivity index (χ3n) is 4.45.